The van der Waals surface area contributed by atoms with Crippen molar-refractivity contribution in [2.75, 3.05) is 12.0 Å². The number of hydrogen-bond acceptors (Lipinski definition) is 2. The summed E-state index contributed by atoms with van der Waals surface area (Å²) in [7, 11) is 1.13. The number of aryl methyl sites for hydroxylation is 1. The fourth-order valence-corrected chi connectivity index (χ4v) is 1.31. The lowest BCUT2D eigenvalue weighted by molar-refractivity contribution is -0.122. The summed E-state index contributed by atoms with van der Waals surface area (Å²) >= 11 is 0. The lowest BCUT2D eigenvalue weighted by Crippen LogP contribution is -2.40. The molecule has 1 aromatic rings. The van der Waals surface area contributed by atoms with Gasteiger partial charge in [0.05, 0.1) is 12.8 Å². The van der Waals surface area contributed by atoms with Gasteiger partial charge in [-0.2, -0.15) is 4.90 Å². The second kappa shape index (κ2) is 4.60. The third kappa shape index (κ3) is 2.86. The number of amides is 1. The third-order valence-electron chi connectivity index (χ3n) is 2.00. The molecule has 0 fully saturated rings. The standard InChI is InChI=1S/C10H9F4NO2/c1-6-3-4-8(17-2)7(5-6)15(9(11)16)10(12,13)14/h3-5H,1-2H3. The maximum absolute atomic E-state index is 12.5. The smallest absolute Gasteiger partial charge is 0.493 e. The van der Waals surface area contributed by atoms with E-state index in [4.69, 9.17) is 0 Å². The van der Waals surface area contributed by atoms with Gasteiger partial charge in [0.25, 0.3) is 0 Å². The Balaban J connectivity index is 3.37. The van der Waals surface area contributed by atoms with Crippen LogP contribution in [-0.4, -0.2) is 19.6 Å². The number of methoxy groups -OCH3 is 1. The van der Waals surface area contributed by atoms with E-state index >= 15 is 0 Å². The Morgan fingerprint density at radius 3 is 2.35 bits per heavy atom. The Morgan fingerprint density at radius 1 is 1.35 bits per heavy atom. The van der Waals surface area contributed by atoms with E-state index in [0.717, 1.165) is 13.2 Å². The van der Waals surface area contributed by atoms with Crippen LogP contribution in [0.25, 0.3) is 0 Å². The molecule has 0 N–H and O–H groups in total. The van der Waals surface area contributed by atoms with E-state index in [-0.39, 0.29) is 5.75 Å². The molecule has 1 rings (SSSR count). The van der Waals surface area contributed by atoms with Crippen molar-refractivity contribution < 1.29 is 27.1 Å². The predicted octanol–water partition coefficient (Wildman–Crippen LogP) is 3.42. The number of carbonyl (C=O) groups excluding carboxylic acids is 1. The minimum Gasteiger partial charge on any atom is -0.495 e. The first-order chi connectivity index (χ1) is 7.77. The van der Waals surface area contributed by atoms with E-state index < -0.39 is 23.0 Å². The van der Waals surface area contributed by atoms with Crippen LogP contribution in [0.15, 0.2) is 18.2 Å². The van der Waals surface area contributed by atoms with Gasteiger partial charge in [0.15, 0.2) is 0 Å². The van der Waals surface area contributed by atoms with E-state index in [1.165, 1.54) is 19.1 Å². The molecule has 0 atom stereocenters. The topological polar surface area (TPSA) is 29.5 Å². The maximum Gasteiger partial charge on any atom is 0.493 e. The van der Waals surface area contributed by atoms with Gasteiger partial charge in [-0.05, 0) is 24.6 Å². The summed E-state index contributed by atoms with van der Waals surface area (Å²) in [6.07, 6.45) is -7.76. The number of benzene rings is 1. The van der Waals surface area contributed by atoms with Crippen LogP contribution in [-0.2, 0) is 0 Å². The highest BCUT2D eigenvalue weighted by atomic mass is 19.4. The van der Waals surface area contributed by atoms with Crippen molar-refractivity contribution in [3.05, 3.63) is 23.8 Å². The minimum absolute atomic E-state index is 0.237. The quantitative estimate of drug-likeness (QED) is 0.458. The molecular weight excluding hydrogens is 242 g/mol. The van der Waals surface area contributed by atoms with Gasteiger partial charge in [-0.1, -0.05) is 6.07 Å². The van der Waals surface area contributed by atoms with E-state index in [1.807, 2.05) is 0 Å². The molecule has 0 aliphatic carbocycles. The molecule has 3 nitrogen and oxygen atoms in total. The molecule has 1 aromatic carbocycles. The van der Waals surface area contributed by atoms with Crippen LogP contribution in [0, 0.1) is 6.92 Å². The van der Waals surface area contributed by atoms with Crippen molar-refractivity contribution in [3.8, 4) is 5.75 Å². The molecule has 0 aliphatic rings. The second-order valence-corrected chi connectivity index (χ2v) is 3.23. The van der Waals surface area contributed by atoms with Crippen LogP contribution in [0.4, 0.5) is 28.0 Å². The van der Waals surface area contributed by atoms with Crippen molar-refractivity contribution >= 4 is 11.8 Å². The van der Waals surface area contributed by atoms with Crippen LogP contribution in [0.2, 0.25) is 0 Å². The number of rotatable bonds is 2. The van der Waals surface area contributed by atoms with Crippen LogP contribution >= 0.6 is 0 Å². The number of alkyl halides is 3. The highest BCUT2D eigenvalue weighted by Crippen LogP contribution is 2.36. The molecule has 1 amide bonds. The number of nitrogens with zero attached hydrogens (tertiary/aromatic N) is 1. The van der Waals surface area contributed by atoms with Gasteiger partial charge in [-0.3, -0.25) is 0 Å². The first-order valence-corrected chi connectivity index (χ1v) is 4.48. The summed E-state index contributed by atoms with van der Waals surface area (Å²) in [4.78, 5) is 9.55. The normalized spacial score (nSPS) is 11.2. The average molecular weight is 251 g/mol. The second-order valence-electron chi connectivity index (χ2n) is 3.23. The Hall–Kier alpha value is -1.79. The number of hydrogen-bond donors (Lipinski definition) is 0. The summed E-state index contributed by atoms with van der Waals surface area (Å²) in [5.74, 6) is -0.237. The van der Waals surface area contributed by atoms with E-state index in [9.17, 15) is 22.4 Å². The third-order valence-corrected chi connectivity index (χ3v) is 2.00. The van der Waals surface area contributed by atoms with Crippen LogP contribution in [0.5, 0.6) is 5.75 Å². The zero-order valence-corrected chi connectivity index (χ0v) is 9.01. The molecule has 0 heterocycles. The summed E-state index contributed by atoms with van der Waals surface area (Å²) < 4.78 is 54.7. The van der Waals surface area contributed by atoms with Gasteiger partial charge in [0.1, 0.15) is 5.75 Å². The summed E-state index contributed by atoms with van der Waals surface area (Å²) in [5.41, 5.74) is -0.233. The zero-order valence-electron chi connectivity index (χ0n) is 9.01. The number of ether oxygens (including phenoxy) is 1. The molecule has 0 unspecified atom stereocenters. The minimum atomic E-state index is -5.15. The van der Waals surface area contributed by atoms with Gasteiger partial charge in [0.2, 0.25) is 0 Å². The average Bonchev–Trinajstić information content (AvgIpc) is 2.15. The first kappa shape index (κ1) is 13.3. The van der Waals surface area contributed by atoms with E-state index in [1.54, 1.807) is 0 Å². The fraction of sp³-hybridized carbons (Fsp3) is 0.300. The van der Waals surface area contributed by atoms with Gasteiger partial charge in [-0.15, -0.1) is 17.6 Å². The molecule has 0 spiro atoms. The van der Waals surface area contributed by atoms with Gasteiger partial charge < -0.3 is 4.74 Å². The van der Waals surface area contributed by atoms with Crippen molar-refractivity contribution in [3.63, 3.8) is 0 Å². The summed E-state index contributed by atoms with van der Waals surface area (Å²) in [6.45, 7) is 1.51. The Labute approximate surface area is 94.6 Å². The number of halogens is 4. The van der Waals surface area contributed by atoms with Gasteiger partial charge in [-0.25, -0.2) is 4.79 Å². The first-order valence-electron chi connectivity index (χ1n) is 4.48. The van der Waals surface area contributed by atoms with E-state index in [2.05, 4.69) is 4.74 Å². The molecule has 17 heavy (non-hydrogen) atoms. The molecular formula is C10H9F4NO2. The Morgan fingerprint density at radius 2 is 1.94 bits per heavy atom. The fourth-order valence-electron chi connectivity index (χ4n) is 1.31. The lowest BCUT2D eigenvalue weighted by atomic mass is 10.2. The van der Waals surface area contributed by atoms with Crippen molar-refractivity contribution in [2.45, 2.75) is 13.2 Å². The molecule has 0 aromatic heterocycles. The lowest BCUT2D eigenvalue weighted by Gasteiger charge is -2.23. The van der Waals surface area contributed by atoms with Crippen molar-refractivity contribution in [2.24, 2.45) is 0 Å². The highest BCUT2D eigenvalue weighted by molar-refractivity contribution is 5.89. The number of carbonyl (C=O) groups is 1. The largest absolute Gasteiger partial charge is 0.495 e. The molecule has 0 saturated carbocycles. The predicted molar refractivity (Wildman–Crippen MR) is 52.8 cm³/mol. The molecule has 7 heteroatoms. The summed E-state index contributed by atoms with van der Waals surface area (Å²) in [6, 6.07) is 3.73. The maximum atomic E-state index is 12.5. The van der Waals surface area contributed by atoms with E-state index in [0.29, 0.717) is 5.56 Å². The Kier molecular flexibility index (Phi) is 3.59. The van der Waals surface area contributed by atoms with Gasteiger partial charge in [0, 0.05) is 0 Å². The molecule has 0 saturated heterocycles. The van der Waals surface area contributed by atoms with Crippen molar-refractivity contribution in [1.82, 2.24) is 0 Å². The molecule has 94 valence electrons. The molecule has 0 bridgehead atoms. The molecule has 0 radical (unpaired) electrons. The van der Waals surface area contributed by atoms with Crippen molar-refractivity contribution in [1.29, 1.82) is 0 Å². The van der Waals surface area contributed by atoms with Gasteiger partial charge >= 0.3 is 12.5 Å². The number of anilines is 1. The highest BCUT2D eigenvalue weighted by Gasteiger charge is 2.44. The van der Waals surface area contributed by atoms with Crippen LogP contribution < -0.4 is 9.64 Å². The SMILES string of the molecule is COc1ccc(C)cc1N(C(=O)F)C(F)(F)F. The monoisotopic (exact) mass is 251 g/mol. The van der Waals surface area contributed by atoms with Crippen LogP contribution in [0.1, 0.15) is 5.56 Å². The van der Waals surface area contributed by atoms with Crippen LogP contribution in [0.3, 0.4) is 0 Å². The summed E-state index contributed by atoms with van der Waals surface area (Å²) in [5, 5.41) is 0. The Bertz CT molecular complexity index is 431. The molecule has 0 aliphatic heterocycles. The zero-order chi connectivity index (χ0) is 13.2.